The zero-order chi connectivity index (χ0) is 21.3. The van der Waals surface area contributed by atoms with Crippen molar-refractivity contribution >= 4 is 38.6 Å². The highest BCUT2D eigenvalue weighted by Gasteiger charge is 2.27. The quantitative estimate of drug-likeness (QED) is 0.590. The molecule has 4 rings (SSSR count). The Kier molecular flexibility index (Phi) is 5.81. The predicted octanol–water partition coefficient (Wildman–Crippen LogP) is 4.09. The Balaban J connectivity index is 1.53. The van der Waals surface area contributed by atoms with Crippen molar-refractivity contribution in [2.75, 3.05) is 13.7 Å². The number of amides is 2. The van der Waals surface area contributed by atoms with Crippen LogP contribution in [0.15, 0.2) is 46.9 Å². The van der Waals surface area contributed by atoms with E-state index in [0.717, 1.165) is 33.1 Å². The standard InChI is InChI=1S/C23H24BrN3O3/c1-14(28)25-21(15-6-8-16(30-2)9-7-15)12-22(29)27-11-10-20-18(13-27)17-4-3-5-19(24)23(17)26-20/h3-9,21,26H,10-13H2,1-2H3,(H,25,28). The Morgan fingerprint density at radius 2 is 2.00 bits per heavy atom. The van der Waals surface area contributed by atoms with Crippen molar-refractivity contribution in [2.45, 2.75) is 32.4 Å². The van der Waals surface area contributed by atoms with Gasteiger partial charge in [-0.3, -0.25) is 9.59 Å². The average Bonchev–Trinajstić information content (AvgIpc) is 3.12. The molecule has 7 heteroatoms. The summed E-state index contributed by atoms with van der Waals surface area (Å²) >= 11 is 3.60. The van der Waals surface area contributed by atoms with Crippen molar-refractivity contribution in [3.8, 4) is 5.75 Å². The number of para-hydroxylation sites is 1. The maximum atomic E-state index is 13.2. The molecule has 0 radical (unpaired) electrons. The average molecular weight is 470 g/mol. The van der Waals surface area contributed by atoms with E-state index in [2.05, 4.69) is 32.3 Å². The van der Waals surface area contributed by atoms with Gasteiger partial charge in [-0.05, 0) is 39.7 Å². The van der Waals surface area contributed by atoms with Crippen molar-refractivity contribution in [3.63, 3.8) is 0 Å². The van der Waals surface area contributed by atoms with Crippen LogP contribution in [0.2, 0.25) is 0 Å². The molecule has 2 aromatic carbocycles. The van der Waals surface area contributed by atoms with Crippen LogP contribution in [0.5, 0.6) is 5.75 Å². The molecule has 0 aliphatic carbocycles. The van der Waals surface area contributed by atoms with E-state index in [1.54, 1.807) is 7.11 Å². The Morgan fingerprint density at radius 3 is 2.70 bits per heavy atom. The van der Waals surface area contributed by atoms with Crippen LogP contribution < -0.4 is 10.1 Å². The first-order valence-electron chi connectivity index (χ1n) is 9.93. The molecule has 30 heavy (non-hydrogen) atoms. The highest BCUT2D eigenvalue weighted by Crippen LogP contribution is 2.32. The summed E-state index contributed by atoms with van der Waals surface area (Å²) in [5.74, 6) is 0.603. The lowest BCUT2D eigenvalue weighted by molar-refractivity contribution is -0.133. The monoisotopic (exact) mass is 469 g/mol. The topological polar surface area (TPSA) is 74.4 Å². The molecule has 0 spiro atoms. The summed E-state index contributed by atoms with van der Waals surface area (Å²) in [6.45, 7) is 2.70. The van der Waals surface area contributed by atoms with E-state index in [0.29, 0.717) is 13.1 Å². The van der Waals surface area contributed by atoms with Gasteiger partial charge >= 0.3 is 0 Å². The first-order valence-corrected chi connectivity index (χ1v) is 10.7. The lowest BCUT2D eigenvalue weighted by atomic mass is 10.0. The third-order valence-electron chi connectivity index (χ3n) is 5.59. The van der Waals surface area contributed by atoms with Crippen LogP contribution in [0.1, 0.15) is 36.2 Å². The molecule has 3 aromatic rings. The van der Waals surface area contributed by atoms with Crippen LogP contribution in [-0.4, -0.2) is 35.4 Å². The number of aromatic nitrogens is 1. The van der Waals surface area contributed by atoms with E-state index in [-0.39, 0.29) is 24.3 Å². The van der Waals surface area contributed by atoms with E-state index >= 15 is 0 Å². The van der Waals surface area contributed by atoms with Crippen LogP contribution in [-0.2, 0) is 22.6 Å². The number of carbonyl (C=O) groups excluding carboxylic acids is 2. The molecule has 1 aromatic heterocycles. The number of methoxy groups -OCH3 is 1. The summed E-state index contributed by atoms with van der Waals surface area (Å²) in [4.78, 5) is 30.3. The van der Waals surface area contributed by atoms with E-state index in [4.69, 9.17) is 4.74 Å². The zero-order valence-corrected chi connectivity index (χ0v) is 18.6. The molecular weight excluding hydrogens is 446 g/mol. The third kappa shape index (κ3) is 4.07. The van der Waals surface area contributed by atoms with Crippen LogP contribution >= 0.6 is 15.9 Å². The molecule has 2 N–H and O–H groups in total. The largest absolute Gasteiger partial charge is 0.497 e. The van der Waals surface area contributed by atoms with Crippen LogP contribution in [0, 0.1) is 0 Å². The zero-order valence-electron chi connectivity index (χ0n) is 17.0. The molecule has 2 heterocycles. The summed E-state index contributed by atoms with van der Waals surface area (Å²) in [6.07, 6.45) is 1.00. The number of H-pyrrole nitrogens is 1. The molecule has 0 saturated heterocycles. The number of rotatable bonds is 5. The molecule has 6 nitrogen and oxygen atoms in total. The van der Waals surface area contributed by atoms with Gasteiger partial charge in [0.1, 0.15) is 5.75 Å². The lowest BCUT2D eigenvalue weighted by Gasteiger charge is -2.29. The maximum absolute atomic E-state index is 13.2. The molecule has 1 atom stereocenters. The van der Waals surface area contributed by atoms with E-state index in [1.807, 2.05) is 41.3 Å². The fourth-order valence-electron chi connectivity index (χ4n) is 4.05. The molecule has 156 valence electrons. The number of halogens is 1. The number of nitrogens with zero attached hydrogens (tertiary/aromatic N) is 1. The Bertz CT molecular complexity index is 1090. The fraction of sp³-hybridized carbons (Fsp3) is 0.304. The van der Waals surface area contributed by atoms with Gasteiger partial charge in [-0.2, -0.15) is 0 Å². The second-order valence-corrected chi connectivity index (χ2v) is 8.39. The number of aromatic amines is 1. The normalized spacial score (nSPS) is 14.3. The van der Waals surface area contributed by atoms with Crippen LogP contribution in [0.4, 0.5) is 0 Å². The van der Waals surface area contributed by atoms with E-state index in [9.17, 15) is 9.59 Å². The summed E-state index contributed by atoms with van der Waals surface area (Å²) in [5, 5.41) is 4.06. The highest BCUT2D eigenvalue weighted by molar-refractivity contribution is 9.10. The van der Waals surface area contributed by atoms with Crippen molar-refractivity contribution in [1.29, 1.82) is 0 Å². The number of ether oxygens (including phenoxy) is 1. The molecule has 0 bridgehead atoms. The second kappa shape index (κ2) is 8.52. The first-order chi connectivity index (χ1) is 14.5. The number of fused-ring (bicyclic) bond motifs is 3. The van der Waals surface area contributed by atoms with Crippen molar-refractivity contribution in [1.82, 2.24) is 15.2 Å². The van der Waals surface area contributed by atoms with Gasteiger partial charge in [0.25, 0.3) is 0 Å². The Labute approximate surface area is 183 Å². The lowest BCUT2D eigenvalue weighted by Crippen LogP contribution is -2.38. The molecule has 0 saturated carbocycles. The maximum Gasteiger partial charge on any atom is 0.225 e. The van der Waals surface area contributed by atoms with Crippen LogP contribution in [0.3, 0.4) is 0 Å². The SMILES string of the molecule is COc1ccc(C(CC(=O)N2CCc3[nH]c4c(Br)cccc4c3C2)NC(C)=O)cc1. The number of nitrogens with one attached hydrogen (secondary N) is 2. The van der Waals surface area contributed by atoms with Gasteiger partial charge in [0.05, 0.1) is 25.1 Å². The molecular formula is C23H24BrN3O3. The van der Waals surface area contributed by atoms with E-state index in [1.165, 1.54) is 18.2 Å². The van der Waals surface area contributed by atoms with Gasteiger partial charge < -0.3 is 19.9 Å². The first kappa shape index (κ1) is 20.5. The number of benzene rings is 2. The summed E-state index contributed by atoms with van der Waals surface area (Å²) in [6, 6.07) is 13.2. The minimum atomic E-state index is -0.376. The van der Waals surface area contributed by atoms with Gasteiger partial charge in [-0.15, -0.1) is 0 Å². The van der Waals surface area contributed by atoms with Crippen molar-refractivity contribution in [3.05, 3.63) is 63.8 Å². The molecule has 2 amide bonds. The van der Waals surface area contributed by atoms with Gasteiger partial charge in [-0.25, -0.2) is 0 Å². The summed E-state index contributed by atoms with van der Waals surface area (Å²) in [5.41, 5.74) is 4.32. The van der Waals surface area contributed by atoms with Crippen molar-refractivity contribution in [2.24, 2.45) is 0 Å². The minimum Gasteiger partial charge on any atom is -0.497 e. The summed E-state index contributed by atoms with van der Waals surface area (Å²) < 4.78 is 6.23. The number of carbonyl (C=O) groups is 2. The smallest absolute Gasteiger partial charge is 0.225 e. The number of hydrogen-bond donors (Lipinski definition) is 2. The van der Waals surface area contributed by atoms with E-state index < -0.39 is 0 Å². The minimum absolute atomic E-state index is 0.0274. The molecule has 1 unspecified atom stereocenters. The summed E-state index contributed by atoms with van der Waals surface area (Å²) in [7, 11) is 1.61. The van der Waals surface area contributed by atoms with Gasteiger partial charge in [0.2, 0.25) is 11.8 Å². The van der Waals surface area contributed by atoms with Gasteiger partial charge in [0.15, 0.2) is 0 Å². The molecule has 0 fully saturated rings. The van der Waals surface area contributed by atoms with Gasteiger partial charge in [0, 0.05) is 47.6 Å². The fourth-order valence-corrected chi connectivity index (χ4v) is 4.52. The Hall–Kier alpha value is -2.80. The molecule has 1 aliphatic rings. The third-order valence-corrected chi connectivity index (χ3v) is 6.25. The second-order valence-electron chi connectivity index (χ2n) is 7.54. The number of hydrogen-bond acceptors (Lipinski definition) is 3. The van der Waals surface area contributed by atoms with Gasteiger partial charge in [-0.1, -0.05) is 24.3 Å². The predicted molar refractivity (Wildman–Crippen MR) is 119 cm³/mol. The highest BCUT2D eigenvalue weighted by atomic mass is 79.9. The van der Waals surface area contributed by atoms with Crippen molar-refractivity contribution < 1.29 is 14.3 Å². The Morgan fingerprint density at radius 1 is 1.23 bits per heavy atom. The van der Waals surface area contributed by atoms with Crippen LogP contribution in [0.25, 0.3) is 10.9 Å². The molecule has 1 aliphatic heterocycles.